The summed E-state index contributed by atoms with van der Waals surface area (Å²) in [6, 6.07) is 13.8. The summed E-state index contributed by atoms with van der Waals surface area (Å²) in [6.07, 6.45) is 2.59. The van der Waals surface area contributed by atoms with Gasteiger partial charge in [-0.2, -0.15) is 5.10 Å². The van der Waals surface area contributed by atoms with Gasteiger partial charge in [-0.1, -0.05) is 38.1 Å². The van der Waals surface area contributed by atoms with Crippen molar-refractivity contribution in [2.45, 2.75) is 20.3 Å². The molecule has 0 bridgehead atoms. The summed E-state index contributed by atoms with van der Waals surface area (Å²) < 4.78 is 7.32. The van der Waals surface area contributed by atoms with Gasteiger partial charge in [-0.05, 0) is 35.9 Å². The van der Waals surface area contributed by atoms with Crippen LogP contribution in [0.3, 0.4) is 0 Å². The SMILES string of the molecule is CC(C)COCCCNC(=O)c1cn(-c2ccccc2)nc1-c1cccs1. The Morgan fingerprint density at radius 2 is 2.04 bits per heavy atom. The van der Waals surface area contributed by atoms with Crippen LogP contribution in [-0.4, -0.2) is 35.4 Å². The van der Waals surface area contributed by atoms with Gasteiger partial charge in [0.15, 0.2) is 0 Å². The second-order valence-corrected chi connectivity index (χ2v) is 7.67. The number of aromatic nitrogens is 2. The van der Waals surface area contributed by atoms with E-state index in [4.69, 9.17) is 4.74 Å². The molecule has 0 saturated heterocycles. The predicted octanol–water partition coefficient (Wildman–Crippen LogP) is 4.39. The highest BCUT2D eigenvalue weighted by molar-refractivity contribution is 7.13. The number of hydrogen-bond donors (Lipinski definition) is 1. The maximum absolute atomic E-state index is 12.7. The first kappa shape index (κ1) is 19.3. The third-order valence-electron chi connectivity index (χ3n) is 3.94. The van der Waals surface area contributed by atoms with Crippen molar-refractivity contribution in [3.63, 3.8) is 0 Å². The number of para-hydroxylation sites is 1. The molecule has 0 atom stereocenters. The molecule has 0 unspecified atom stereocenters. The van der Waals surface area contributed by atoms with Crippen LogP contribution in [0.1, 0.15) is 30.6 Å². The number of nitrogens with zero attached hydrogens (tertiary/aromatic N) is 2. The van der Waals surface area contributed by atoms with Gasteiger partial charge in [0, 0.05) is 26.0 Å². The Bertz CT molecular complexity index is 842. The van der Waals surface area contributed by atoms with E-state index < -0.39 is 0 Å². The molecule has 0 aliphatic carbocycles. The quantitative estimate of drug-likeness (QED) is 0.558. The van der Waals surface area contributed by atoms with Gasteiger partial charge in [0.25, 0.3) is 5.91 Å². The molecule has 0 spiro atoms. The third kappa shape index (κ3) is 5.28. The number of thiophene rings is 1. The molecular weight excluding hydrogens is 358 g/mol. The van der Waals surface area contributed by atoms with E-state index in [0.29, 0.717) is 30.3 Å². The second-order valence-electron chi connectivity index (χ2n) is 6.73. The van der Waals surface area contributed by atoms with Gasteiger partial charge in [-0.3, -0.25) is 4.79 Å². The Kier molecular flexibility index (Phi) is 6.79. The average molecular weight is 384 g/mol. The van der Waals surface area contributed by atoms with E-state index in [-0.39, 0.29) is 5.91 Å². The fourth-order valence-corrected chi connectivity index (χ4v) is 3.36. The van der Waals surface area contributed by atoms with E-state index in [9.17, 15) is 4.79 Å². The van der Waals surface area contributed by atoms with Crippen molar-refractivity contribution in [3.05, 3.63) is 59.6 Å². The Morgan fingerprint density at radius 3 is 2.74 bits per heavy atom. The summed E-state index contributed by atoms with van der Waals surface area (Å²) in [5.41, 5.74) is 2.23. The van der Waals surface area contributed by atoms with Gasteiger partial charge in [0.05, 0.1) is 16.1 Å². The zero-order valence-corrected chi connectivity index (χ0v) is 16.5. The van der Waals surface area contributed by atoms with Crippen molar-refractivity contribution in [2.24, 2.45) is 5.92 Å². The first-order valence-corrected chi connectivity index (χ1v) is 10.1. The minimum atomic E-state index is -0.107. The van der Waals surface area contributed by atoms with Gasteiger partial charge in [0.1, 0.15) is 5.69 Å². The number of rotatable bonds is 9. The number of amides is 1. The van der Waals surface area contributed by atoms with Crippen molar-refractivity contribution >= 4 is 17.2 Å². The molecule has 0 saturated carbocycles. The fourth-order valence-electron chi connectivity index (χ4n) is 2.64. The zero-order valence-electron chi connectivity index (χ0n) is 15.7. The molecular formula is C21H25N3O2S. The molecule has 3 rings (SSSR count). The highest BCUT2D eigenvalue weighted by Crippen LogP contribution is 2.27. The van der Waals surface area contributed by atoms with E-state index in [1.165, 1.54) is 0 Å². The molecule has 0 radical (unpaired) electrons. The summed E-state index contributed by atoms with van der Waals surface area (Å²) in [4.78, 5) is 13.7. The first-order valence-electron chi connectivity index (χ1n) is 9.20. The van der Waals surface area contributed by atoms with Crippen LogP contribution in [0.2, 0.25) is 0 Å². The molecule has 0 fully saturated rings. The van der Waals surface area contributed by atoms with Gasteiger partial charge < -0.3 is 10.1 Å². The van der Waals surface area contributed by atoms with Crippen LogP contribution in [0.25, 0.3) is 16.3 Å². The maximum Gasteiger partial charge on any atom is 0.255 e. The number of carbonyl (C=O) groups is 1. The number of hydrogen-bond acceptors (Lipinski definition) is 4. The summed E-state index contributed by atoms with van der Waals surface area (Å²) in [5.74, 6) is 0.418. The molecule has 3 aromatic rings. The van der Waals surface area contributed by atoms with Crippen LogP contribution < -0.4 is 5.32 Å². The number of nitrogens with one attached hydrogen (secondary N) is 1. The Labute approximate surface area is 164 Å². The molecule has 0 aliphatic heterocycles. The number of ether oxygens (including phenoxy) is 1. The summed E-state index contributed by atoms with van der Waals surface area (Å²) >= 11 is 1.58. The third-order valence-corrected chi connectivity index (χ3v) is 4.81. The van der Waals surface area contributed by atoms with Crippen molar-refractivity contribution in [2.75, 3.05) is 19.8 Å². The second kappa shape index (κ2) is 9.48. The number of carbonyl (C=O) groups excluding carboxylic acids is 1. The number of benzene rings is 1. The van der Waals surface area contributed by atoms with Gasteiger partial charge in [-0.25, -0.2) is 4.68 Å². The zero-order chi connectivity index (χ0) is 19.1. The Morgan fingerprint density at radius 1 is 1.22 bits per heavy atom. The van der Waals surface area contributed by atoms with Gasteiger partial charge in [0.2, 0.25) is 0 Å². The lowest BCUT2D eigenvalue weighted by atomic mass is 10.2. The van der Waals surface area contributed by atoms with Crippen molar-refractivity contribution in [1.29, 1.82) is 0 Å². The molecule has 2 heterocycles. The van der Waals surface area contributed by atoms with E-state index in [1.54, 1.807) is 22.2 Å². The maximum atomic E-state index is 12.7. The fraction of sp³-hybridized carbons (Fsp3) is 0.333. The Balaban J connectivity index is 1.70. The molecule has 2 aromatic heterocycles. The summed E-state index contributed by atoms with van der Waals surface area (Å²) in [5, 5.41) is 9.64. The van der Waals surface area contributed by atoms with Crippen LogP contribution in [0.5, 0.6) is 0 Å². The lowest BCUT2D eigenvalue weighted by molar-refractivity contribution is 0.0925. The predicted molar refractivity (Wildman–Crippen MR) is 109 cm³/mol. The molecule has 0 aliphatic rings. The average Bonchev–Trinajstić information content (AvgIpc) is 3.34. The van der Waals surface area contributed by atoms with E-state index >= 15 is 0 Å². The summed E-state index contributed by atoms with van der Waals surface area (Å²) in [7, 11) is 0. The van der Waals surface area contributed by atoms with E-state index in [2.05, 4.69) is 24.3 Å². The molecule has 142 valence electrons. The highest BCUT2D eigenvalue weighted by Gasteiger charge is 2.19. The lowest BCUT2D eigenvalue weighted by Gasteiger charge is -2.07. The van der Waals surface area contributed by atoms with E-state index in [1.807, 2.05) is 47.8 Å². The Hall–Kier alpha value is -2.44. The van der Waals surface area contributed by atoms with Crippen LogP contribution >= 0.6 is 11.3 Å². The van der Waals surface area contributed by atoms with Gasteiger partial charge in [-0.15, -0.1) is 11.3 Å². The summed E-state index contributed by atoms with van der Waals surface area (Å²) in [6.45, 7) is 6.23. The lowest BCUT2D eigenvalue weighted by Crippen LogP contribution is -2.25. The smallest absolute Gasteiger partial charge is 0.255 e. The first-order chi connectivity index (χ1) is 13.1. The van der Waals surface area contributed by atoms with E-state index in [0.717, 1.165) is 23.6 Å². The van der Waals surface area contributed by atoms with Crippen molar-refractivity contribution < 1.29 is 9.53 Å². The van der Waals surface area contributed by atoms with Gasteiger partial charge >= 0.3 is 0 Å². The van der Waals surface area contributed by atoms with Crippen LogP contribution in [0, 0.1) is 5.92 Å². The van der Waals surface area contributed by atoms with Crippen molar-refractivity contribution in [3.8, 4) is 16.3 Å². The van der Waals surface area contributed by atoms with Crippen LogP contribution in [0.4, 0.5) is 0 Å². The topological polar surface area (TPSA) is 56.1 Å². The van der Waals surface area contributed by atoms with Crippen molar-refractivity contribution in [1.82, 2.24) is 15.1 Å². The molecule has 1 aromatic carbocycles. The van der Waals surface area contributed by atoms with Crippen LogP contribution in [-0.2, 0) is 4.74 Å². The largest absolute Gasteiger partial charge is 0.381 e. The molecule has 1 amide bonds. The molecule has 6 heteroatoms. The highest BCUT2D eigenvalue weighted by atomic mass is 32.1. The monoisotopic (exact) mass is 383 g/mol. The minimum Gasteiger partial charge on any atom is -0.381 e. The van der Waals surface area contributed by atoms with Crippen LogP contribution in [0.15, 0.2) is 54.0 Å². The minimum absolute atomic E-state index is 0.107. The standard InChI is InChI=1S/C21H25N3O2S/c1-16(2)15-26-12-7-11-22-21(25)18-14-24(17-8-4-3-5-9-17)23-20(18)19-10-6-13-27-19/h3-6,8-10,13-14,16H,7,11-12,15H2,1-2H3,(H,22,25). The normalized spacial score (nSPS) is 11.1. The molecule has 5 nitrogen and oxygen atoms in total. The molecule has 27 heavy (non-hydrogen) atoms. The molecule has 1 N–H and O–H groups in total.